The van der Waals surface area contributed by atoms with E-state index in [1.54, 1.807) is 18.3 Å². The Hall–Kier alpha value is -1.77. The predicted octanol–water partition coefficient (Wildman–Crippen LogP) is 2.86. The molecule has 2 heterocycles. The number of benzene rings is 1. The van der Waals surface area contributed by atoms with E-state index >= 15 is 0 Å². The van der Waals surface area contributed by atoms with Gasteiger partial charge in [0.1, 0.15) is 0 Å². The topological polar surface area (TPSA) is 79.4 Å². The highest BCUT2D eigenvalue weighted by Crippen LogP contribution is 2.23. The van der Waals surface area contributed by atoms with E-state index in [0.717, 1.165) is 12.8 Å². The van der Waals surface area contributed by atoms with Crippen LogP contribution in [0, 0.1) is 5.92 Å². The average Bonchev–Trinajstić information content (AvgIpc) is 3.14. The minimum Gasteiger partial charge on any atom is -0.354 e. The van der Waals surface area contributed by atoms with Gasteiger partial charge in [-0.1, -0.05) is 6.92 Å². The maximum absolute atomic E-state index is 12.7. The molecule has 0 unspecified atom stereocenters. The predicted molar refractivity (Wildman–Crippen MR) is 98.5 cm³/mol. The van der Waals surface area contributed by atoms with Gasteiger partial charge in [0.2, 0.25) is 10.0 Å². The van der Waals surface area contributed by atoms with E-state index in [2.05, 4.69) is 17.2 Å². The molecule has 0 amide bonds. The summed E-state index contributed by atoms with van der Waals surface area (Å²) in [4.78, 5) is 16.5. The number of nitrogens with one attached hydrogen (secondary N) is 1. The quantitative estimate of drug-likeness (QED) is 0.781. The number of Topliss-reactive ketones (excluding diaryl/α,β-unsaturated/α-hetero) is 1. The van der Waals surface area contributed by atoms with Crippen molar-refractivity contribution < 1.29 is 13.2 Å². The number of carbonyl (C=O) groups excluding carboxylic acids is 1. The van der Waals surface area contributed by atoms with Crippen LogP contribution in [0.4, 0.5) is 5.13 Å². The van der Waals surface area contributed by atoms with Gasteiger partial charge in [-0.3, -0.25) is 4.79 Å². The second kappa shape index (κ2) is 7.63. The van der Waals surface area contributed by atoms with Crippen molar-refractivity contribution in [3.05, 3.63) is 41.4 Å². The van der Waals surface area contributed by atoms with E-state index in [1.165, 1.54) is 27.8 Å². The zero-order valence-corrected chi connectivity index (χ0v) is 15.6. The standard InChI is InChI=1S/C17H21N3O3S2/c1-13-6-9-20(10-7-13)25(22,23)15-4-2-14(3-5-15)16(21)12-19-17-18-8-11-24-17/h2-5,8,11,13H,6-7,9-10,12H2,1H3,(H,18,19). The van der Waals surface area contributed by atoms with E-state index in [1.807, 2.05) is 5.38 Å². The number of aromatic nitrogens is 1. The summed E-state index contributed by atoms with van der Waals surface area (Å²) in [6.45, 7) is 3.39. The van der Waals surface area contributed by atoms with Crippen molar-refractivity contribution in [3.63, 3.8) is 0 Å². The Bertz CT molecular complexity index is 809. The summed E-state index contributed by atoms with van der Waals surface area (Å²) < 4.78 is 26.9. The number of sulfonamides is 1. The monoisotopic (exact) mass is 379 g/mol. The van der Waals surface area contributed by atoms with Crippen LogP contribution in [0.2, 0.25) is 0 Å². The zero-order valence-electron chi connectivity index (χ0n) is 14.0. The van der Waals surface area contributed by atoms with E-state index in [-0.39, 0.29) is 17.2 Å². The van der Waals surface area contributed by atoms with Gasteiger partial charge in [0.15, 0.2) is 10.9 Å². The molecule has 3 rings (SSSR count). The maximum atomic E-state index is 12.7. The van der Waals surface area contributed by atoms with Crippen LogP contribution in [0.5, 0.6) is 0 Å². The minimum atomic E-state index is -3.48. The molecule has 8 heteroatoms. The molecule has 0 saturated carbocycles. The summed E-state index contributed by atoms with van der Waals surface area (Å²) >= 11 is 1.42. The second-order valence-corrected chi connectivity index (χ2v) is 9.06. The third-order valence-electron chi connectivity index (χ3n) is 4.39. The largest absolute Gasteiger partial charge is 0.354 e. The Morgan fingerprint density at radius 3 is 2.56 bits per heavy atom. The van der Waals surface area contributed by atoms with Crippen LogP contribution in [-0.2, 0) is 10.0 Å². The van der Waals surface area contributed by atoms with Crippen molar-refractivity contribution in [3.8, 4) is 0 Å². The number of rotatable bonds is 6. The summed E-state index contributed by atoms with van der Waals surface area (Å²) in [6.07, 6.45) is 3.44. The molecule has 1 N–H and O–H groups in total. The van der Waals surface area contributed by atoms with Gasteiger partial charge in [0.25, 0.3) is 0 Å². The third-order valence-corrected chi connectivity index (χ3v) is 7.03. The highest BCUT2D eigenvalue weighted by atomic mass is 32.2. The Kier molecular flexibility index (Phi) is 5.51. The van der Waals surface area contributed by atoms with Crippen LogP contribution >= 0.6 is 11.3 Å². The highest BCUT2D eigenvalue weighted by molar-refractivity contribution is 7.89. The normalized spacial score (nSPS) is 16.7. The van der Waals surface area contributed by atoms with Gasteiger partial charge in [-0.15, -0.1) is 11.3 Å². The lowest BCUT2D eigenvalue weighted by Gasteiger charge is -2.29. The molecule has 1 saturated heterocycles. The Balaban J connectivity index is 1.65. The number of hydrogen-bond donors (Lipinski definition) is 1. The minimum absolute atomic E-state index is 0.106. The smallest absolute Gasteiger partial charge is 0.243 e. The average molecular weight is 380 g/mol. The number of anilines is 1. The van der Waals surface area contributed by atoms with Crippen molar-refractivity contribution in [1.29, 1.82) is 0 Å². The first-order chi connectivity index (χ1) is 12.0. The lowest BCUT2D eigenvalue weighted by atomic mass is 10.0. The van der Waals surface area contributed by atoms with Gasteiger partial charge < -0.3 is 5.32 Å². The number of carbonyl (C=O) groups is 1. The number of hydrogen-bond acceptors (Lipinski definition) is 6. The molecule has 0 aliphatic carbocycles. The molecule has 0 radical (unpaired) electrons. The molecule has 0 bridgehead atoms. The summed E-state index contributed by atoms with van der Waals surface area (Å²) in [5.41, 5.74) is 0.482. The maximum Gasteiger partial charge on any atom is 0.243 e. The fraction of sp³-hybridized carbons (Fsp3) is 0.412. The molecule has 6 nitrogen and oxygen atoms in total. The van der Waals surface area contributed by atoms with E-state index in [0.29, 0.717) is 29.7 Å². The number of nitrogens with zero attached hydrogens (tertiary/aromatic N) is 2. The molecule has 25 heavy (non-hydrogen) atoms. The molecular weight excluding hydrogens is 358 g/mol. The van der Waals surface area contributed by atoms with Crippen molar-refractivity contribution in [1.82, 2.24) is 9.29 Å². The summed E-state index contributed by atoms with van der Waals surface area (Å²) in [6, 6.07) is 6.19. The number of thiazole rings is 1. The van der Waals surface area contributed by atoms with E-state index < -0.39 is 10.0 Å². The van der Waals surface area contributed by atoms with Crippen molar-refractivity contribution in [2.75, 3.05) is 25.0 Å². The van der Waals surface area contributed by atoms with Crippen LogP contribution in [0.1, 0.15) is 30.1 Å². The fourth-order valence-electron chi connectivity index (χ4n) is 2.76. The van der Waals surface area contributed by atoms with Gasteiger partial charge in [-0.05, 0) is 43.0 Å². The van der Waals surface area contributed by atoms with Crippen LogP contribution in [-0.4, -0.2) is 43.1 Å². The Labute approximate surface area is 151 Å². The van der Waals surface area contributed by atoms with Crippen molar-refractivity contribution in [2.24, 2.45) is 5.92 Å². The molecule has 2 aromatic rings. The molecule has 0 spiro atoms. The van der Waals surface area contributed by atoms with Gasteiger partial charge in [-0.25, -0.2) is 13.4 Å². The highest BCUT2D eigenvalue weighted by Gasteiger charge is 2.28. The lowest BCUT2D eigenvalue weighted by molar-refractivity contribution is 0.101. The summed E-state index contributed by atoms with van der Waals surface area (Å²) in [5.74, 6) is 0.461. The molecule has 1 aromatic heterocycles. The summed E-state index contributed by atoms with van der Waals surface area (Å²) in [5, 5.41) is 5.47. The zero-order chi connectivity index (χ0) is 17.9. The van der Waals surface area contributed by atoms with Gasteiger partial charge in [0.05, 0.1) is 11.4 Å². The van der Waals surface area contributed by atoms with Crippen molar-refractivity contribution >= 4 is 32.3 Å². The van der Waals surface area contributed by atoms with Crippen LogP contribution < -0.4 is 5.32 Å². The molecule has 0 atom stereocenters. The van der Waals surface area contributed by atoms with E-state index in [9.17, 15) is 13.2 Å². The molecule has 134 valence electrons. The molecular formula is C17H21N3O3S2. The first-order valence-corrected chi connectivity index (χ1v) is 10.6. The number of ketones is 1. The van der Waals surface area contributed by atoms with Crippen LogP contribution in [0.3, 0.4) is 0 Å². The lowest BCUT2D eigenvalue weighted by Crippen LogP contribution is -2.37. The number of piperidine rings is 1. The first kappa shape index (κ1) is 18.0. The fourth-order valence-corrected chi connectivity index (χ4v) is 4.75. The summed E-state index contributed by atoms with van der Waals surface area (Å²) in [7, 11) is -3.48. The molecule has 1 aliphatic rings. The van der Waals surface area contributed by atoms with Crippen LogP contribution in [0.15, 0.2) is 40.7 Å². The Morgan fingerprint density at radius 2 is 1.96 bits per heavy atom. The third kappa shape index (κ3) is 4.26. The van der Waals surface area contributed by atoms with Gasteiger partial charge in [0, 0.05) is 30.2 Å². The van der Waals surface area contributed by atoms with Crippen LogP contribution in [0.25, 0.3) is 0 Å². The van der Waals surface area contributed by atoms with Gasteiger partial charge >= 0.3 is 0 Å². The van der Waals surface area contributed by atoms with Crippen molar-refractivity contribution in [2.45, 2.75) is 24.7 Å². The Morgan fingerprint density at radius 1 is 1.28 bits per heavy atom. The van der Waals surface area contributed by atoms with E-state index in [4.69, 9.17) is 0 Å². The first-order valence-electron chi connectivity index (χ1n) is 8.23. The SMILES string of the molecule is CC1CCN(S(=O)(=O)c2ccc(C(=O)CNc3nccs3)cc2)CC1. The molecule has 1 aliphatic heterocycles. The molecule has 1 fully saturated rings. The van der Waals surface area contributed by atoms with Gasteiger partial charge in [-0.2, -0.15) is 4.31 Å². The molecule has 1 aromatic carbocycles. The second-order valence-electron chi connectivity index (χ2n) is 6.22.